The van der Waals surface area contributed by atoms with E-state index < -0.39 is 0 Å². The molecule has 1 unspecified atom stereocenters. The van der Waals surface area contributed by atoms with Gasteiger partial charge in [0.05, 0.1) is 19.9 Å². The largest absolute Gasteiger partial charge is 0.496 e. The highest BCUT2D eigenvalue weighted by Gasteiger charge is 2.21. The van der Waals surface area contributed by atoms with Crippen LogP contribution in [0, 0.1) is 5.92 Å². The Kier molecular flexibility index (Phi) is 5.08. The molecule has 0 saturated carbocycles. The van der Waals surface area contributed by atoms with Crippen LogP contribution in [0.5, 0.6) is 11.5 Å². The predicted molar refractivity (Wildman–Crippen MR) is 90.3 cm³/mol. The molecule has 2 fully saturated rings. The van der Waals surface area contributed by atoms with E-state index in [2.05, 4.69) is 22.3 Å². The second-order valence-electron chi connectivity index (χ2n) is 6.45. The van der Waals surface area contributed by atoms with Gasteiger partial charge in [0.1, 0.15) is 11.5 Å². The molecule has 2 aliphatic rings. The summed E-state index contributed by atoms with van der Waals surface area (Å²) in [5.41, 5.74) is 2.46. The fraction of sp³-hybridized carbons (Fsp3) is 0.667. The van der Waals surface area contributed by atoms with Crippen molar-refractivity contribution < 1.29 is 9.47 Å². The molecule has 0 radical (unpaired) electrons. The Balaban J connectivity index is 1.85. The number of piperidine rings is 1. The molecule has 1 atom stereocenters. The summed E-state index contributed by atoms with van der Waals surface area (Å²) in [6, 6.07) is 4.37. The van der Waals surface area contributed by atoms with E-state index >= 15 is 0 Å². The lowest BCUT2D eigenvalue weighted by molar-refractivity contribution is 0.361. The van der Waals surface area contributed by atoms with E-state index in [9.17, 15) is 0 Å². The van der Waals surface area contributed by atoms with Gasteiger partial charge in [0.25, 0.3) is 0 Å². The van der Waals surface area contributed by atoms with Crippen molar-refractivity contribution in [3.63, 3.8) is 0 Å². The lowest BCUT2D eigenvalue weighted by atomic mass is 9.91. The fourth-order valence-corrected chi connectivity index (χ4v) is 3.72. The van der Waals surface area contributed by atoms with Crippen molar-refractivity contribution in [2.45, 2.75) is 32.1 Å². The monoisotopic (exact) mass is 304 g/mol. The van der Waals surface area contributed by atoms with Crippen molar-refractivity contribution in [1.82, 2.24) is 5.32 Å². The number of anilines is 1. The SMILES string of the molecule is COc1cc(N2CCCC2)c(OC)cc1CC1CCCNC1. The first-order chi connectivity index (χ1) is 10.8. The summed E-state index contributed by atoms with van der Waals surface area (Å²) in [4.78, 5) is 2.41. The number of methoxy groups -OCH3 is 2. The third kappa shape index (κ3) is 3.32. The van der Waals surface area contributed by atoms with E-state index in [1.165, 1.54) is 36.9 Å². The summed E-state index contributed by atoms with van der Waals surface area (Å²) in [6.45, 7) is 4.50. The van der Waals surface area contributed by atoms with Crippen molar-refractivity contribution in [3.05, 3.63) is 17.7 Å². The van der Waals surface area contributed by atoms with Gasteiger partial charge in [-0.05, 0) is 62.7 Å². The molecule has 1 N–H and O–H groups in total. The summed E-state index contributed by atoms with van der Waals surface area (Å²) >= 11 is 0. The Hall–Kier alpha value is -1.42. The lowest BCUT2D eigenvalue weighted by Crippen LogP contribution is -2.31. The van der Waals surface area contributed by atoms with Crippen LogP contribution in [0.15, 0.2) is 12.1 Å². The number of nitrogens with zero attached hydrogens (tertiary/aromatic N) is 1. The third-order valence-electron chi connectivity index (χ3n) is 4.94. The minimum atomic E-state index is 0.699. The van der Waals surface area contributed by atoms with Gasteiger partial charge in [-0.15, -0.1) is 0 Å². The van der Waals surface area contributed by atoms with Crippen LogP contribution in [0.2, 0.25) is 0 Å². The van der Waals surface area contributed by atoms with Gasteiger partial charge in [0, 0.05) is 19.2 Å². The summed E-state index contributed by atoms with van der Waals surface area (Å²) in [5, 5.41) is 3.50. The zero-order valence-electron chi connectivity index (χ0n) is 13.9. The molecule has 2 aliphatic heterocycles. The Morgan fingerprint density at radius 2 is 1.86 bits per heavy atom. The van der Waals surface area contributed by atoms with Crippen LogP contribution in [0.4, 0.5) is 5.69 Å². The van der Waals surface area contributed by atoms with Gasteiger partial charge in [-0.2, -0.15) is 0 Å². The second-order valence-corrected chi connectivity index (χ2v) is 6.45. The Labute approximate surface area is 133 Å². The predicted octanol–water partition coefficient (Wildman–Crippen LogP) is 2.85. The molecular weight excluding hydrogens is 276 g/mol. The molecule has 4 heteroatoms. The molecule has 122 valence electrons. The van der Waals surface area contributed by atoms with Crippen LogP contribution in [0.1, 0.15) is 31.2 Å². The molecule has 3 rings (SSSR count). The number of hydrogen-bond acceptors (Lipinski definition) is 4. The van der Waals surface area contributed by atoms with Gasteiger partial charge in [-0.3, -0.25) is 0 Å². The van der Waals surface area contributed by atoms with Gasteiger partial charge in [0.15, 0.2) is 0 Å². The van der Waals surface area contributed by atoms with E-state index in [-0.39, 0.29) is 0 Å². The second kappa shape index (κ2) is 7.23. The van der Waals surface area contributed by atoms with Crippen LogP contribution >= 0.6 is 0 Å². The number of rotatable bonds is 5. The first-order valence-electron chi connectivity index (χ1n) is 8.52. The first kappa shape index (κ1) is 15.5. The van der Waals surface area contributed by atoms with E-state index in [1.807, 2.05) is 0 Å². The number of nitrogens with one attached hydrogen (secondary N) is 1. The smallest absolute Gasteiger partial charge is 0.142 e. The fourth-order valence-electron chi connectivity index (χ4n) is 3.72. The number of benzene rings is 1. The molecule has 0 aromatic heterocycles. The molecule has 22 heavy (non-hydrogen) atoms. The van der Waals surface area contributed by atoms with Crippen molar-refractivity contribution in [3.8, 4) is 11.5 Å². The zero-order chi connectivity index (χ0) is 15.4. The number of ether oxygens (including phenoxy) is 2. The molecule has 0 spiro atoms. The minimum Gasteiger partial charge on any atom is -0.496 e. The van der Waals surface area contributed by atoms with Gasteiger partial charge in [-0.1, -0.05) is 0 Å². The van der Waals surface area contributed by atoms with E-state index in [0.717, 1.165) is 44.1 Å². The van der Waals surface area contributed by atoms with Crippen molar-refractivity contribution in [2.75, 3.05) is 45.3 Å². The normalized spacial score (nSPS) is 21.9. The van der Waals surface area contributed by atoms with Crippen molar-refractivity contribution in [1.29, 1.82) is 0 Å². The maximum absolute atomic E-state index is 5.68. The average Bonchev–Trinajstić information content (AvgIpc) is 3.09. The van der Waals surface area contributed by atoms with Crippen LogP contribution in [-0.2, 0) is 6.42 Å². The molecular formula is C18H28N2O2. The standard InChI is InChI=1S/C18H28N2O2/c1-21-17-12-16(20-8-3-4-9-20)18(22-2)11-15(17)10-14-6-5-7-19-13-14/h11-12,14,19H,3-10,13H2,1-2H3. The Bertz CT molecular complexity index is 492. The Morgan fingerprint density at radius 1 is 1.09 bits per heavy atom. The van der Waals surface area contributed by atoms with Crippen LogP contribution in [-0.4, -0.2) is 40.4 Å². The molecule has 0 aliphatic carbocycles. The molecule has 0 bridgehead atoms. The average molecular weight is 304 g/mol. The number of hydrogen-bond donors (Lipinski definition) is 1. The Morgan fingerprint density at radius 3 is 2.50 bits per heavy atom. The first-order valence-corrected chi connectivity index (χ1v) is 8.52. The van der Waals surface area contributed by atoms with Gasteiger partial charge in [-0.25, -0.2) is 0 Å². The zero-order valence-corrected chi connectivity index (χ0v) is 13.9. The quantitative estimate of drug-likeness (QED) is 0.907. The maximum atomic E-state index is 5.68. The van der Waals surface area contributed by atoms with Gasteiger partial charge < -0.3 is 19.7 Å². The molecule has 4 nitrogen and oxygen atoms in total. The van der Waals surface area contributed by atoms with Crippen LogP contribution in [0.3, 0.4) is 0 Å². The minimum absolute atomic E-state index is 0.699. The molecule has 2 heterocycles. The lowest BCUT2D eigenvalue weighted by Gasteiger charge is -2.26. The summed E-state index contributed by atoms with van der Waals surface area (Å²) < 4.78 is 11.4. The van der Waals surface area contributed by atoms with Gasteiger partial charge in [0.2, 0.25) is 0 Å². The van der Waals surface area contributed by atoms with E-state index in [1.54, 1.807) is 14.2 Å². The maximum Gasteiger partial charge on any atom is 0.142 e. The highest BCUT2D eigenvalue weighted by atomic mass is 16.5. The van der Waals surface area contributed by atoms with Crippen LogP contribution in [0.25, 0.3) is 0 Å². The summed E-state index contributed by atoms with van der Waals surface area (Å²) in [7, 11) is 3.55. The molecule has 0 amide bonds. The van der Waals surface area contributed by atoms with Crippen LogP contribution < -0.4 is 19.7 Å². The van der Waals surface area contributed by atoms with Crippen molar-refractivity contribution >= 4 is 5.69 Å². The summed E-state index contributed by atoms with van der Waals surface area (Å²) in [5.74, 6) is 2.69. The van der Waals surface area contributed by atoms with Crippen molar-refractivity contribution in [2.24, 2.45) is 5.92 Å². The summed E-state index contributed by atoms with van der Waals surface area (Å²) in [6.07, 6.45) is 6.16. The third-order valence-corrected chi connectivity index (χ3v) is 4.94. The highest BCUT2D eigenvalue weighted by molar-refractivity contribution is 5.64. The molecule has 1 aromatic carbocycles. The van der Waals surface area contributed by atoms with Gasteiger partial charge >= 0.3 is 0 Å². The molecule has 2 saturated heterocycles. The highest BCUT2D eigenvalue weighted by Crippen LogP contribution is 2.38. The topological polar surface area (TPSA) is 33.7 Å². The molecule has 1 aromatic rings. The van der Waals surface area contributed by atoms with E-state index in [0.29, 0.717) is 5.92 Å². The van der Waals surface area contributed by atoms with E-state index in [4.69, 9.17) is 9.47 Å².